The van der Waals surface area contributed by atoms with Crippen LogP contribution in [0.5, 0.6) is 0 Å². The molecule has 0 heterocycles. The van der Waals surface area contributed by atoms with E-state index in [-0.39, 0.29) is 32.2 Å². The topological polar surface area (TPSA) is 61.7 Å². The number of rotatable bonds is 8. The number of hydrogen-bond acceptors (Lipinski definition) is 4. The number of aliphatic hydroxyl groups excluding tert-OH is 2. The number of fused-ring (bicyclic) bond motifs is 3. The Balaban J connectivity index is 0.00000243. The predicted molar refractivity (Wildman–Crippen MR) is 109 cm³/mol. The summed E-state index contributed by atoms with van der Waals surface area (Å²) in [5.74, 6) is 0. The molecule has 26 heavy (non-hydrogen) atoms. The number of benzene rings is 3. The fourth-order valence-electron chi connectivity index (χ4n) is 3.16. The molecule has 0 unspecified atom stereocenters. The van der Waals surface area contributed by atoms with Crippen molar-refractivity contribution < 1.29 is 14.9 Å². The van der Waals surface area contributed by atoms with Crippen molar-refractivity contribution in [3.63, 3.8) is 0 Å². The Labute approximate surface area is 160 Å². The Morgan fingerprint density at radius 1 is 0.923 bits per heavy atom. The summed E-state index contributed by atoms with van der Waals surface area (Å²) in [6.07, 6.45) is 0. The third kappa shape index (κ3) is 4.17. The SMILES string of the molecule is CCOCC(CO)(CO)NCc1cc2ccccc2c2ccccc12.Cl. The maximum Gasteiger partial charge on any atom is 0.0886 e. The lowest BCUT2D eigenvalue weighted by Crippen LogP contribution is -2.55. The van der Waals surface area contributed by atoms with Gasteiger partial charge >= 0.3 is 0 Å². The van der Waals surface area contributed by atoms with Crippen LogP contribution in [0, 0.1) is 0 Å². The van der Waals surface area contributed by atoms with Crippen LogP contribution < -0.4 is 5.32 Å². The van der Waals surface area contributed by atoms with Crippen molar-refractivity contribution in [2.45, 2.75) is 19.0 Å². The van der Waals surface area contributed by atoms with Gasteiger partial charge in [-0.3, -0.25) is 0 Å². The first-order chi connectivity index (χ1) is 12.2. The smallest absolute Gasteiger partial charge is 0.0886 e. The van der Waals surface area contributed by atoms with Gasteiger partial charge in [-0.15, -0.1) is 12.4 Å². The molecule has 3 aromatic rings. The Morgan fingerprint density at radius 2 is 1.54 bits per heavy atom. The molecule has 0 aromatic heterocycles. The molecular weight excluding hydrogens is 350 g/mol. The highest BCUT2D eigenvalue weighted by atomic mass is 35.5. The first kappa shape index (κ1) is 20.6. The molecule has 3 aromatic carbocycles. The third-order valence-electron chi connectivity index (χ3n) is 4.70. The molecule has 0 aliphatic carbocycles. The van der Waals surface area contributed by atoms with Crippen LogP contribution in [0.4, 0.5) is 0 Å². The summed E-state index contributed by atoms with van der Waals surface area (Å²) >= 11 is 0. The zero-order valence-electron chi connectivity index (χ0n) is 14.9. The molecule has 4 nitrogen and oxygen atoms in total. The second-order valence-corrected chi connectivity index (χ2v) is 6.39. The zero-order valence-corrected chi connectivity index (χ0v) is 15.8. The average Bonchev–Trinajstić information content (AvgIpc) is 2.68. The summed E-state index contributed by atoms with van der Waals surface area (Å²) < 4.78 is 5.44. The molecule has 5 heteroatoms. The largest absolute Gasteiger partial charge is 0.394 e. The van der Waals surface area contributed by atoms with E-state index in [2.05, 4.69) is 41.7 Å². The Bertz CT molecular complexity index is 849. The molecule has 3 rings (SSSR count). The van der Waals surface area contributed by atoms with Crippen LogP contribution in [0.15, 0.2) is 54.6 Å². The van der Waals surface area contributed by atoms with Crippen molar-refractivity contribution in [2.75, 3.05) is 26.4 Å². The van der Waals surface area contributed by atoms with Crippen molar-refractivity contribution in [3.05, 3.63) is 60.2 Å². The van der Waals surface area contributed by atoms with E-state index in [1.54, 1.807) is 0 Å². The van der Waals surface area contributed by atoms with E-state index in [0.29, 0.717) is 13.2 Å². The zero-order chi connectivity index (χ0) is 17.7. The van der Waals surface area contributed by atoms with Crippen LogP contribution in [0.1, 0.15) is 12.5 Å². The minimum Gasteiger partial charge on any atom is -0.394 e. The minimum absolute atomic E-state index is 0. The van der Waals surface area contributed by atoms with Crippen molar-refractivity contribution in [2.24, 2.45) is 0 Å². The summed E-state index contributed by atoms with van der Waals surface area (Å²) in [6, 6.07) is 18.8. The van der Waals surface area contributed by atoms with Crippen molar-refractivity contribution in [3.8, 4) is 0 Å². The van der Waals surface area contributed by atoms with Gasteiger partial charge in [0.15, 0.2) is 0 Å². The predicted octanol–water partition coefficient (Wildman–Crippen LogP) is 3.26. The van der Waals surface area contributed by atoms with Crippen LogP contribution in [0.2, 0.25) is 0 Å². The van der Waals surface area contributed by atoms with E-state index in [0.717, 1.165) is 5.56 Å². The molecule has 0 radical (unpaired) electrons. The molecule has 0 aliphatic heterocycles. The number of hydrogen-bond donors (Lipinski definition) is 3. The summed E-state index contributed by atoms with van der Waals surface area (Å²) in [7, 11) is 0. The molecule has 0 amide bonds. The molecule has 0 saturated carbocycles. The van der Waals surface area contributed by atoms with Gasteiger partial charge in [-0.05, 0) is 40.1 Å². The van der Waals surface area contributed by atoms with Gasteiger partial charge in [-0.25, -0.2) is 0 Å². The molecule has 0 aliphatic rings. The molecule has 0 fully saturated rings. The summed E-state index contributed by atoms with van der Waals surface area (Å²) in [5, 5.41) is 27.6. The molecule has 0 bridgehead atoms. The van der Waals surface area contributed by atoms with Crippen LogP contribution >= 0.6 is 12.4 Å². The van der Waals surface area contributed by atoms with Gasteiger partial charge in [-0.1, -0.05) is 48.5 Å². The van der Waals surface area contributed by atoms with Crippen molar-refractivity contribution >= 4 is 34.0 Å². The first-order valence-corrected chi connectivity index (χ1v) is 8.67. The molecule has 3 N–H and O–H groups in total. The number of halogens is 1. The van der Waals surface area contributed by atoms with Crippen LogP contribution in [-0.4, -0.2) is 42.2 Å². The lowest BCUT2D eigenvalue weighted by atomic mass is 9.96. The molecule has 0 spiro atoms. The lowest BCUT2D eigenvalue weighted by Gasteiger charge is -2.31. The maximum absolute atomic E-state index is 9.76. The average molecular weight is 376 g/mol. The Morgan fingerprint density at radius 3 is 2.19 bits per heavy atom. The second-order valence-electron chi connectivity index (χ2n) is 6.39. The van der Waals surface area contributed by atoms with Gasteiger partial charge in [0, 0.05) is 13.2 Å². The molecule has 0 atom stereocenters. The van der Waals surface area contributed by atoms with E-state index in [4.69, 9.17) is 4.74 Å². The van der Waals surface area contributed by atoms with Gasteiger partial charge in [-0.2, -0.15) is 0 Å². The lowest BCUT2D eigenvalue weighted by molar-refractivity contribution is 0.00757. The Kier molecular flexibility index (Phi) is 7.38. The Hall–Kier alpha value is -1.69. The molecule has 0 saturated heterocycles. The fraction of sp³-hybridized carbons (Fsp3) is 0.333. The van der Waals surface area contributed by atoms with E-state index in [1.165, 1.54) is 21.5 Å². The molecular formula is C21H26ClNO3. The van der Waals surface area contributed by atoms with Gasteiger partial charge in [0.1, 0.15) is 0 Å². The van der Waals surface area contributed by atoms with Crippen LogP contribution in [0.25, 0.3) is 21.5 Å². The number of aliphatic hydroxyl groups is 2. The highest BCUT2D eigenvalue weighted by Gasteiger charge is 2.28. The highest BCUT2D eigenvalue weighted by Crippen LogP contribution is 2.28. The van der Waals surface area contributed by atoms with E-state index >= 15 is 0 Å². The monoisotopic (exact) mass is 375 g/mol. The number of ether oxygens (including phenoxy) is 1. The van der Waals surface area contributed by atoms with Crippen LogP contribution in [-0.2, 0) is 11.3 Å². The molecule has 140 valence electrons. The van der Waals surface area contributed by atoms with E-state index in [1.807, 2.05) is 25.1 Å². The maximum atomic E-state index is 9.76. The van der Waals surface area contributed by atoms with Gasteiger partial charge in [0.2, 0.25) is 0 Å². The normalized spacial score (nSPS) is 11.7. The standard InChI is InChI=1S/C21H25NO3.ClH/c1-2-25-15-21(13-23,14-24)22-12-17-11-16-7-3-4-8-18(16)20-10-6-5-9-19(17)20;/h3-11,22-24H,2,12-15H2,1H3;1H. The summed E-state index contributed by atoms with van der Waals surface area (Å²) in [5.41, 5.74) is 0.292. The van der Waals surface area contributed by atoms with Gasteiger partial charge in [0.05, 0.1) is 25.4 Å². The quantitative estimate of drug-likeness (QED) is 0.529. The van der Waals surface area contributed by atoms with Gasteiger partial charge in [0.25, 0.3) is 0 Å². The van der Waals surface area contributed by atoms with Crippen molar-refractivity contribution in [1.82, 2.24) is 5.32 Å². The van der Waals surface area contributed by atoms with E-state index < -0.39 is 5.54 Å². The third-order valence-corrected chi connectivity index (χ3v) is 4.70. The summed E-state index contributed by atoms with van der Waals surface area (Å²) in [4.78, 5) is 0. The van der Waals surface area contributed by atoms with E-state index in [9.17, 15) is 10.2 Å². The van der Waals surface area contributed by atoms with Gasteiger partial charge < -0.3 is 20.3 Å². The van der Waals surface area contributed by atoms with Crippen molar-refractivity contribution in [1.29, 1.82) is 0 Å². The highest BCUT2D eigenvalue weighted by molar-refractivity contribution is 6.08. The fourth-order valence-corrected chi connectivity index (χ4v) is 3.16. The first-order valence-electron chi connectivity index (χ1n) is 8.67. The minimum atomic E-state index is -0.844. The van der Waals surface area contributed by atoms with Crippen LogP contribution in [0.3, 0.4) is 0 Å². The second kappa shape index (κ2) is 9.31. The number of nitrogens with one attached hydrogen (secondary N) is 1. The summed E-state index contributed by atoms with van der Waals surface area (Å²) in [6.45, 7) is 2.88.